The average Bonchev–Trinajstić information content (AvgIpc) is 3.17. The smallest absolute Gasteiger partial charge is 0.272 e. The van der Waals surface area contributed by atoms with Gasteiger partial charge in [0.05, 0.1) is 6.20 Å². The fourth-order valence-corrected chi connectivity index (χ4v) is 6.48. The average molecular weight is 435 g/mol. The van der Waals surface area contributed by atoms with Crippen molar-refractivity contribution in [2.24, 2.45) is 11.3 Å². The molecule has 1 aliphatic heterocycles. The topological polar surface area (TPSA) is 66.7 Å². The van der Waals surface area contributed by atoms with Crippen LogP contribution in [0, 0.1) is 11.3 Å². The lowest BCUT2D eigenvalue weighted by Crippen LogP contribution is -2.42. The van der Waals surface area contributed by atoms with Crippen LogP contribution in [0.4, 0.5) is 0 Å². The third kappa shape index (κ3) is 3.17. The Bertz CT molecular complexity index is 1160. The number of amides is 2. The van der Waals surface area contributed by atoms with Crippen molar-refractivity contribution in [3.63, 3.8) is 0 Å². The number of rotatable bonds is 4. The Morgan fingerprint density at radius 3 is 2.94 bits per heavy atom. The van der Waals surface area contributed by atoms with Crippen LogP contribution in [-0.4, -0.2) is 39.2 Å². The molecule has 0 radical (unpaired) electrons. The molecule has 1 aromatic carbocycles. The van der Waals surface area contributed by atoms with Crippen LogP contribution < -0.4 is 5.32 Å². The second kappa shape index (κ2) is 7.19. The van der Waals surface area contributed by atoms with Crippen molar-refractivity contribution in [2.75, 3.05) is 13.1 Å². The van der Waals surface area contributed by atoms with Crippen molar-refractivity contribution >= 4 is 28.1 Å². The highest BCUT2D eigenvalue weighted by molar-refractivity contribution is 7.15. The first kappa shape index (κ1) is 19.0. The number of benzene rings is 1. The van der Waals surface area contributed by atoms with E-state index >= 15 is 0 Å². The molecule has 31 heavy (non-hydrogen) atoms. The quantitative estimate of drug-likeness (QED) is 0.679. The lowest BCUT2D eigenvalue weighted by atomic mass is 9.89. The number of hydrogen-bond donors (Lipinski definition) is 1. The summed E-state index contributed by atoms with van der Waals surface area (Å²) >= 11 is 1.52. The molecule has 0 saturated heterocycles. The molecule has 2 amide bonds. The summed E-state index contributed by atoms with van der Waals surface area (Å²) in [6.07, 6.45) is 9.57. The van der Waals surface area contributed by atoms with E-state index < -0.39 is 0 Å². The van der Waals surface area contributed by atoms with Gasteiger partial charge in [0.25, 0.3) is 5.91 Å². The SMILES string of the molecule is O=C(NCC1CN(C(=O)c2cnc3sccn23)Cc2ccccc21)C1CC12CCCC2. The third-order valence-corrected chi connectivity index (χ3v) is 8.35. The number of nitrogens with zero attached hydrogens (tertiary/aromatic N) is 3. The van der Waals surface area contributed by atoms with Gasteiger partial charge >= 0.3 is 0 Å². The number of carbonyl (C=O) groups is 2. The maximum Gasteiger partial charge on any atom is 0.272 e. The molecule has 7 heteroatoms. The highest BCUT2D eigenvalue weighted by Crippen LogP contribution is 2.62. The van der Waals surface area contributed by atoms with Crippen LogP contribution in [-0.2, 0) is 11.3 Å². The lowest BCUT2D eigenvalue weighted by Gasteiger charge is -2.34. The lowest BCUT2D eigenvalue weighted by molar-refractivity contribution is -0.123. The van der Waals surface area contributed by atoms with E-state index in [4.69, 9.17) is 0 Å². The number of hydrogen-bond acceptors (Lipinski definition) is 4. The molecule has 1 N–H and O–H groups in total. The summed E-state index contributed by atoms with van der Waals surface area (Å²) in [5.41, 5.74) is 3.31. The maximum atomic E-state index is 13.3. The largest absolute Gasteiger partial charge is 0.355 e. The molecule has 6 nitrogen and oxygen atoms in total. The van der Waals surface area contributed by atoms with Gasteiger partial charge in [-0.25, -0.2) is 4.98 Å². The van der Waals surface area contributed by atoms with Gasteiger partial charge in [0.2, 0.25) is 5.91 Å². The van der Waals surface area contributed by atoms with Crippen molar-refractivity contribution in [3.8, 4) is 0 Å². The van der Waals surface area contributed by atoms with Crippen LogP contribution in [0.25, 0.3) is 4.96 Å². The molecule has 160 valence electrons. The van der Waals surface area contributed by atoms with Crippen molar-refractivity contribution in [1.82, 2.24) is 19.6 Å². The van der Waals surface area contributed by atoms with E-state index in [-0.39, 0.29) is 23.7 Å². The molecule has 3 heterocycles. The number of fused-ring (bicyclic) bond motifs is 2. The molecule has 3 aliphatic rings. The summed E-state index contributed by atoms with van der Waals surface area (Å²) in [6.45, 7) is 1.76. The fraction of sp³-hybridized carbons (Fsp3) is 0.458. The maximum absolute atomic E-state index is 13.3. The Balaban J connectivity index is 1.20. The zero-order chi connectivity index (χ0) is 21.0. The van der Waals surface area contributed by atoms with Gasteiger partial charge in [-0.3, -0.25) is 14.0 Å². The van der Waals surface area contributed by atoms with Crippen molar-refractivity contribution in [2.45, 2.75) is 44.6 Å². The summed E-state index contributed by atoms with van der Waals surface area (Å²) in [5.74, 6) is 0.495. The normalized spacial score (nSPS) is 23.8. The van der Waals surface area contributed by atoms with Crippen LogP contribution in [0.3, 0.4) is 0 Å². The van der Waals surface area contributed by atoms with E-state index in [0.717, 1.165) is 16.9 Å². The first-order valence-electron chi connectivity index (χ1n) is 11.2. The molecule has 2 fully saturated rings. The molecule has 2 unspecified atom stereocenters. The molecular formula is C24H26N4O2S. The minimum Gasteiger partial charge on any atom is -0.355 e. The van der Waals surface area contributed by atoms with Crippen molar-refractivity contribution in [1.29, 1.82) is 0 Å². The van der Waals surface area contributed by atoms with Crippen LogP contribution in [0.1, 0.15) is 59.6 Å². The minimum atomic E-state index is -0.0103. The fourth-order valence-electron chi connectivity index (χ4n) is 5.78. The van der Waals surface area contributed by atoms with E-state index in [0.29, 0.717) is 30.7 Å². The predicted octanol–water partition coefficient (Wildman–Crippen LogP) is 3.83. The number of thiazole rings is 1. The Labute approximate surface area is 185 Å². The first-order chi connectivity index (χ1) is 15.1. The van der Waals surface area contributed by atoms with Gasteiger partial charge in [-0.2, -0.15) is 0 Å². The summed E-state index contributed by atoms with van der Waals surface area (Å²) < 4.78 is 1.86. The second-order valence-corrected chi connectivity index (χ2v) is 10.2. The number of aromatic nitrogens is 2. The summed E-state index contributed by atoms with van der Waals surface area (Å²) in [5, 5.41) is 5.18. The molecule has 0 bridgehead atoms. The van der Waals surface area contributed by atoms with E-state index in [1.165, 1.54) is 42.6 Å². The van der Waals surface area contributed by atoms with Crippen LogP contribution in [0.5, 0.6) is 0 Å². The minimum absolute atomic E-state index is 0.0103. The molecule has 6 rings (SSSR count). The standard InChI is InChI=1S/C24H26N4O2S/c29-21(19-11-24(19)7-3-4-8-24)25-12-17-15-27(14-16-5-1-2-6-18(16)17)22(30)20-13-26-23-28(20)9-10-31-23/h1-2,5-6,9-10,13,17,19H,3-4,7-8,11-12,14-15H2,(H,25,29). The number of imidazole rings is 1. The Morgan fingerprint density at radius 2 is 2.06 bits per heavy atom. The molecule has 1 spiro atoms. The number of carbonyl (C=O) groups excluding carboxylic acids is 2. The molecule has 2 aromatic heterocycles. The molecule has 2 aliphatic carbocycles. The van der Waals surface area contributed by atoms with E-state index in [2.05, 4.69) is 22.4 Å². The highest BCUT2D eigenvalue weighted by Gasteiger charge is 2.58. The molecule has 2 atom stereocenters. The molecule has 3 aromatic rings. The van der Waals surface area contributed by atoms with Crippen molar-refractivity contribution in [3.05, 3.63) is 58.9 Å². The zero-order valence-electron chi connectivity index (χ0n) is 17.4. The van der Waals surface area contributed by atoms with Crippen LogP contribution >= 0.6 is 11.3 Å². The van der Waals surface area contributed by atoms with E-state index in [9.17, 15) is 9.59 Å². The Morgan fingerprint density at radius 1 is 1.23 bits per heavy atom. The van der Waals surface area contributed by atoms with Gasteiger partial charge in [-0.1, -0.05) is 37.1 Å². The zero-order valence-corrected chi connectivity index (χ0v) is 18.2. The highest BCUT2D eigenvalue weighted by atomic mass is 32.1. The van der Waals surface area contributed by atoms with Crippen LogP contribution in [0.2, 0.25) is 0 Å². The molecular weight excluding hydrogens is 408 g/mol. The van der Waals surface area contributed by atoms with E-state index in [1.807, 2.05) is 33.0 Å². The Kier molecular flexibility index (Phi) is 4.42. The van der Waals surface area contributed by atoms with Gasteiger partial charge in [0.15, 0.2) is 4.96 Å². The van der Waals surface area contributed by atoms with Gasteiger partial charge < -0.3 is 10.2 Å². The summed E-state index contributed by atoms with van der Waals surface area (Å²) in [4.78, 5) is 33.3. The van der Waals surface area contributed by atoms with Gasteiger partial charge in [0, 0.05) is 43.0 Å². The van der Waals surface area contributed by atoms with Gasteiger partial charge in [0.1, 0.15) is 5.69 Å². The summed E-state index contributed by atoms with van der Waals surface area (Å²) in [7, 11) is 0. The van der Waals surface area contributed by atoms with E-state index in [1.54, 1.807) is 6.20 Å². The first-order valence-corrected chi connectivity index (χ1v) is 12.1. The third-order valence-electron chi connectivity index (χ3n) is 7.58. The van der Waals surface area contributed by atoms with Crippen molar-refractivity contribution < 1.29 is 9.59 Å². The second-order valence-electron chi connectivity index (χ2n) is 9.35. The van der Waals surface area contributed by atoms with Gasteiger partial charge in [-0.15, -0.1) is 11.3 Å². The van der Waals surface area contributed by atoms with Crippen LogP contribution in [0.15, 0.2) is 42.0 Å². The Hall–Kier alpha value is -2.67. The predicted molar refractivity (Wildman–Crippen MR) is 119 cm³/mol. The van der Waals surface area contributed by atoms with Gasteiger partial charge in [-0.05, 0) is 35.8 Å². The summed E-state index contributed by atoms with van der Waals surface area (Å²) in [6, 6.07) is 8.30. The number of nitrogens with one attached hydrogen (secondary N) is 1. The monoisotopic (exact) mass is 434 g/mol. The molecule has 2 saturated carbocycles.